The van der Waals surface area contributed by atoms with Gasteiger partial charge in [-0.25, -0.2) is 4.21 Å². The van der Waals surface area contributed by atoms with Crippen LogP contribution in [0, 0.1) is 5.92 Å². The van der Waals surface area contributed by atoms with E-state index in [1.54, 1.807) is 0 Å². The molecule has 1 atom stereocenters. The molecule has 1 unspecified atom stereocenters. The maximum Gasteiger partial charge on any atom is 0.234 e. The summed E-state index contributed by atoms with van der Waals surface area (Å²) >= 11 is 0. The average Bonchev–Trinajstić information content (AvgIpc) is 1.55. The van der Waals surface area contributed by atoms with Gasteiger partial charge in [0.15, 0.2) is 0 Å². The molecule has 0 aliphatic heterocycles. The highest BCUT2D eigenvalue weighted by molar-refractivity contribution is 7.82. The van der Waals surface area contributed by atoms with Gasteiger partial charge in [-0.15, -0.1) is 0 Å². The summed E-state index contributed by atoms with van der Waals surface area (Å²) in [5.74, 6) is 0.0935. The van der Waals surface area contributed by atoms with E-state index in [-0.39, 0.29) is 11.8 Å². The summed E-state index contributed by atoms with van der Waals surface area (Å²) in [5.41, 5.74) is 0. The van der Waals surface area contributed by atoms with Crippen molar-refractivity contribution in [2.45, 2.75) is 19.3 Å². The number of carbonyl (C=O) groups excluding carboxylic acids is 1. The zero-order chi connectivity index (χ0) is 7.56. The van der Waals surface area contributed by atoms with Crippen molar-refractivity contribution < 1.29 is 9.00 Å². The molecule has 1 fully saturated rings. The van der Waals surface area contributed by atoms with Crippen molar-refractivity contribution in [3.05, 3.63) is 0 Å². The molecule has 3 nitrogen and oxygen atoms in total. The third kappa shape index (κ3) is 1.80. The smallest absolute Gasteiger partial charge is 0.234 e. The number of rotatable bonds is 2. The predicted octanol–water partition coefficient (Wildman–Crippen LogP) is 0.196. The highest BCUT2D eigenvalue weighted by atomic mass is 32.2. The van der Waals surface area contributed by atoms with E-state index in [0.717, 1.165) is 19.3 Å². The summed E-state index contributed by atoms with van der Waals surface area (Å²) in [4.78, 5) is 10.9. The molecule has 4 heteroatoms. The molecule has 1 rings (SSSR count). The van der Waals surface area contributed by atoms with E-state index in [9.17, 15) is 9.00 Å². The fourth-order valence-electron chi connectivity index (χ4n) is 0.895. The lowest BCUT2D eigenvalue weighted by molar-refractivity contribution is -0.125. The molecule has 0 saturated heterocycles. The minimum Gasteiger partial charge on any atom is -0.275 e. The van der Waals surface area contributed by atoms with Crippen LogP contribution < -0.4 is 4.72 Å². The fourth-order valence-corrected chi connectivity index (χ4v) is 1.35. The van der Waals surface area contributed by atoms with E-state index in [1.165, 1.54) is 6.26 Å². The third-order valence-corrected chi connectivity index (χ3v) is 2.21. The van der Waals surface area contributed by atoms with Gasteiger partial charge < -0.3 is 0 Å². The summed E-state index contributed by atoms with van der Waals surface area (Å²) in [5, 5.41) is 0. The van der Waals surface area contributed by atoms with Crippen LogP contribution in [0.2, 0.25) is 0 Å². The second-order valence-electron chi connectivity index (χ2n) is 2.55. The van der Waals surface area contributed by atoms with Gasteiger partial charge in [-0.05, 0) is 12.8 Å². The summed E-state index contributed by atoms with van der Waals surface area (Å²) in [6, 6.07) is 0. The van der Waals surface area contributed by atoms with Crippen molar-refractivity contribution in [2.24, 2.45) is 5.92 Å². The quantitative estimate of drug-likeness (QED) is 0.628. The van der Waals surface area contributed by atoms with E-state index in [1.807, 2.05) is 0 Å². The van der Waals surface area contributed by atoms with Crippen molar-refractivity contribution in [2.75, 3.05) is 6.26 Å². The predicted molar refractivity (Wildman–Crippen MR) is 39.6 cm³/mol. The zero-order valence-corrected chi connectivity index (χ0v) is 6.74. The van der Waals surface area contributed by atoms with Crippen LogP contribution in [0.15, 0.2) is 0 Å². The molecule has 0 aromatic heterocycles. The van der Waals surface area contributed by atoms with Crippen LogP contribution >= 0.6 is 0 Å². The first-order chi connectivity index (χ1) is 4.70. The molecule has 0 bridgehead atoms. The number of nitrogens with one attached hydrogen (secondary N) is 1. The van der Waals surface area contributed by atoms with Crippen LogP contribution in [-0.2, 0) is 15.8 Å². The second kappa shape index (κ2) is 3.14. The van der Waals surface area contributed by atoms with Crippen LogP contribution in [0.3, 0.4) is 0 Å². The van der Waals surface area contributed by atoms with Gasteiger partial charge in [0.05, 0.1) is 0 Å². The van der Waals surface area contributed by atoms with Crippen molar-refractivity contribution in [3.63, 3.8) is 0 Å². The molecule has 1 aliphatic rings. The van der Waals surface area contributed by atoms with Gasteiger partial charge in [-0.2, -0.15) is 0 Å². The monoisotopic (exact) mass is 161 g/mol. The molecule has 0 heterocycles. The molecular formula is C6H11NO2S. The number of amides is 1. The first-order valence-corrected chi connectivity index (χ1v) is 4.90. The lowest BCUT2D eigenvalue weighted by atomic mass is 9.85. The minimum absolute atomic E-state index is 0.0490. The van der Waals surface area contributed by atoms with Crippen LogP contribution in [-0.4, -0.2) is 16.4 Å². The molecule has 1 amide bonds. The van der Waals surface area contributed by atoms with Crippen molar-refractivity contribution >= 4 is 16.9 Å². The Bertz CT molecular complexity index is 165. The number of carbonyl (C=O) groups is 1. The molecular weight excluding hydrogens is 150 g/mol. The molecule has 0 radical (unpaired) electrons. The van der Waals surface area contributed by atoms with Crippen molar-refractivity contribution in [3.8, 4) is 0 Å². The van der Waals surface area contributed by atoms with Crippen LogP contribution in [0.5, 0.6) is 0 Å². The Morgan fingerprint density at radius 3 is 2.50 bits per heavy atom. The molecule has 1 N–H and O–H groups in total. The largest absolute Gasteiger partial charge is 0.275 e. The highest BCUT2D eigenvalue weighted by Gasteiger charge is 2.25. The molecule has 0 aromatic carbocycles. The summed E-state index contributed by atoms with van der Waals surface area (Å²) in [6.07, 6.45) is 4.52. The lowest BCUT2D eigenvalue weighted by Gasteiger charge is -2.23. The SMILES string of the molecule is CS(=O)NC(=O)C1CCC1. The first kappa shape index (κ1) is 7.72. The Hall–Kier alpha value is -0.380. The van der Waals surface area contributed by atoms with Gasteiger partial charge in [0.1, 0.15) is 11.0 Å². The minimum atomic E-state index is -1.18. The van der Waals surface area contributed by atoms with E-state index in [4.69, 9.17) is 0 Å². The van der Waals surface area contributed by atoms with Gasteiger partial charge in [0.25, 0.3) is 0 Å². The van der Waals surface area contributed by atoms with Gasteiger partial charge in [0, 0.05) is 12.2 Å². The van der Waals surface area contributed by atoms with Crippen LogP contribution in [0.25, 0.3) is 0 Å². The van der Waals surface area contributed by atoms with Gasteiger partial charge in [-0.1, -0.05) is 6.42 Å². The Morgan fingerprint density at radius 1 is 1.60 bits per heavy atom. The van der Waals surface area contributed by atoms with Crippen molar-refractivity contribution in [1.29, 1.82) is 0 Å². The van der Waals surface area contributed by atoms with Crippen LogP contribution in [0.4, 0.5) is 0 Å². The number of hydrogen-bond acceptors (Lipinski definition) is 2. The van der Waals surface area contributed by atoms with Gasteiger partial charge in [0.2, 0.25) is 5.91 Å². The average molecular weight is 161 g/mol. The normalized spacial score (nSPS) is 21.3. The van der Waals surface area contributed by atoms with Crippen LogP contribution in [0.1, 0.15) is 19.3 Å². The van der Waals surface area contributed by atoms with Crippen molar-refractivity contribution in [1.82, 2.24) is 4.72 Å². The van der Waals surface area contributed by atoms with Gasteiger partial charge >= 0.3 is 0 Å². The maximum absolute atomic E-state index is 10.9. The molecule has 10 heavy (non-hydrogen) atoms. The molecule has 0 aromatic rings. The summed E-state index contributed by atoms with van der Waals surface area (Å²) < 4.78 is 12.9. The Labute approximate surface area is 62.8 Å². The third-order valence-electron chi connectivity index (χ3n) is 1.72. The molecule has 1 aliphatic carbocycles. The topological polar surface area (TPSA) is 46.2 Å². The van der Waals surface area contributed by atoms with E-state index >= 15 is 0 Å². The zero-order valence-electron chi connectivity index (χ0n) is 5.92. The summed E-state index contributed by atoms with van der Waals surface area (Å²) in [7, 11) is -1.18. The van der Waals surface area contributed by atoms with Gasteiger partial charge in [-0.3, -0.25) is 9.52 Å². The van der Waals surface area contributed by atoms with E-state index in [2.05, 4.69) is 4.72 Å². The van der Waals surface area contributed by atoms with E-state index in [0.29, 0.717) is 0 Å². The maximum atomic E-state index is 10.9. The summed E-state index contributed by atoms with van der Waals surface area (Å²) in [6.45, 7) is 0. The van der Waals surface area contributed by atoms with E-state index < -0.39 is 11.0 Å². The molecule has 0 spiro atoms. The highest BCUT2D eigenvalue weighted by Crippen LogP contribution is 2.26. The molecule has 1 saturated carbocycles. The standard InChI is InChI=1S/C6H11NO2S/c1-10(9)7-6(8)5-3-2-4-5/h5H,2-4H2,1H3,(H,7,8). The Morgan fingerprint density at radius 2 is 2.20 bits per heavy atom. The Balaban J connectivity index is 2.27. The Kier molecular flexibility index (Phi) is 2.43. The second-order valence-corrected chi connectivity index (χ2v) is 3.66. The first-order valence-electron chi connectivity index (χ1n) is 3.34. The fraction of sp³-hybridized carbons (Fsp3) is 0.833. The molecule has 58 valence electrons. The lowest BCUT2D eigenvalue weighted by Crippen LogP contribution is -2.34. The number of hydrogen-bond donors (Lipinski definition) is 1.